The number of aromatic nitrogens is 3. The highest BCUT2D eigenvalue weighted by Gasteiger charge is 2.09. The lowest BCUT2D eigenvalue weighted by Crippen LogP contribution is -2.25. The Kier molecular flexibility index (Phi) is 8.08. The van der Waals surface area contributed by atoms with Gasteiger partial charge in [0.2, 0.25) is 11.9 Å². The summed E-state index contributed by atoms with van der Waals surface area (Å²) in [7, 11) is 3.63. The van der Waals surface area contributed by atoms with Crippen LogP contribution in [0.3, 0.4) is 0 Å². The number of nitrogens with zero attached hydrogens (tertiary/aromatic N) is 4. The van der Waals surface area contributed by atoms with E-state index in [9.17, 15) is 9.59 Å². The second-order valence-electron chi connectivity index (χ2n) is 6.43. The minimum Gasteiger partial charge on any atom is -0.466 e. The number of nitrogens with one attached hydrogen (secondary N) is 2. The van der Waals surface area contributed by atoms with E-state index in [0.717, 1.165) is 23.1 Å². The van der Waals surface area contributed by atoms with Gasteiger partial charge in [0.1, 0.15) is 18.7 Å². The molecule has 0 atom stereocenters. The standard InChI is InChI=1S/C20H26N6O3/c1-14-5-6-18(21-3)17(9-14)10-16(12-27)11-22-19-23-15(2)24-20(25-19)26(4)7-8-29-13-28/h5-6,9-10,12-13,21H,7-8,11H2,1-4H3,(H,22,23,24,25)/b16-10-. The van der Waals surface area contributed by atoms with Gasteiger partial charge in [-0.2, -0.15) is 15.0 Å². The largest absolute Gasteiger partial charge is 0.466 e. The Bertz CT molecular complexity index is 885. The first-order chi connectivity index (χ1) is 14.0. The van der Waals surface area contributed by atoms with Gasteiger partial charge < -0.3 is 20.3 Å². The van der Waals surface area contributed by atoms with Crippen molar-refractivity contribution >= 4 is 36.4 Å². The number of likely N-dealkylation sites (N-methyl/N-ethyl adjacent to an activating group) is 1. The SMILES string of the molecule is CNc1ccc(C)cc1/C=C(\C=O)CNc1nc(C)nc(N(C)CCOC=O)n1. The van der Waals surface area contributed by atoms with Crippen LogP contribution in [-0.4, -0.2) is 61.5 Å². The summed E-state index contributed by atoms with van der Waals surface area (Å²) in [5, 5.41) is 6.20. The minimum absolute atomic E-state index is 0.232. The van der Waals surface area contributed by atoms with Crippen LogP contribution in [0.4, 0.5) is 17.6 Å². The normalized spacial score (nSPS) is 11.0. The molecular formula is C20H26N6O3. The molecule has 0 aliphatic heterocycles. The average Bonchev–Trinajstić information content (AvgIpc) is 2.71. The summed E-state index contributed by atoms with van der Waals surface area (Å²) in [4.78, 5) is 36.5. The topological polar surface area (TPSA) is 109 Å². The van der Waals surface area contributed by atoms with Crippen LogP contribution in [0.25, 0.3) is 6.08 Å². The molecule has 1 aromatic heterocycles. The summed E-state index contributed by atoms with van der Waals surface area (Å²) in [6, 6.07) is 5.99. The lowest BCUT2D eigenvalue weighted by Gasteiger charge is -2.17. The number of hydrogen-bond donors (Lipinski definition) is 2. The van der Waals surface area contributed by atoms with Crippen molar-refractivity contribution in [2.24, 2.45) is 0 Å². The summed E-state index contributed by atoms with van der Waals surface area (Å²) in [5.41, 5.74) is 3.53. The fourth-order valence-corrected chi connectivity index (χ4v) is 2.59. The Morgan fingerprint density at radius 2 is 2.00 bits per heavy atom. The number of benzene rings is 1. The van der Waals surface area contributed by atoms with Gasteiger partial charge in [-0.3, -0.25) is 9.59 Å². The minimum atomic E-state index is 0.232. The molecule has 0 spiro atoms. The molecule has 0 bridgehead atoms. The van der Waals surface area contributed by atoms with E-state index >= 15 is 0 Å². The van der Waals surface area contributed by atoms with Gasteiger partial charge in [-0.1, -0.05) is 11.6 Å². The quantitative estimate of drug-likeness (QED) is 0.333. The average molecular weight is 398 g/mol. The maximum absolute atomic E-state index is 11.6. The zero-order valence-corrected chi connectivity index (χ0v) is 17.1. The van der Waals surface area contributed by atoms with E-state index in [1.54, 1.807) is 18.9 Å². The van der Waals surface area contributed by atoms with Gasteiger partial charge in [0.15, 0.2) is 0 Å². The molecule has 0 radical (unpaired) electrons. The van der Waals surface area contributed by atoms with Gasteiger partial charge in [-0.05, 0) is 37.6 Å². The third-order valence-corrected chi connectivity index (χ3v) is 4.11. The summed E-state index contributed by atoms with van der Waals surface area (Å²) < 4.78 is 4.70. The maximum Gasteiger partial charge on any atom is 0.293 e. The number of ether oxygens (including phenoxy) is 1. The van der Waals surface area contributed by atoms with E-state index in [2.05, 4.69) is 25.6 Å². The molecule has 1 aromatic carbocycles. The molecule has 154 valence electrons. The highest BCUT2D eigenvalue weighted by molar-refractivity contribution is 5.85. The predicted molar refractivity (Wildman–Crippen MR) is 113 cm³/mol. The zero-order chi connectivity index (χ0) is 21.2. The van der Waals surface area contributed by atoms with E-state index in [0.29, 0.717) is 36.3 Å². The molecule has 0 amide bonds. The summed E-state index contributed by atoms with van der Waals surface area (Å²) in [6.07, 6.45) is 2.64. The predicted octanol–water partition coefficient (Wildman–Crippen LogP) is 1.83. The lowest BCUT2D eigenvalue weighted by molar-refractivity contribution is -0.128. The molecule has 9 nitrogen and oxygen atoms in total. The number of carbonyl (C=O) groups is 2. The van der Waals surface area contributed by atoms with Gasteiger partial charge in [0.05, 0.1) is 6.54 Å². The number of rotatable bonds is 11. The van der Waals surface area contributed by atoms with Gasteiger partial charge in [-0.25, -0.2) is 0 Å². The Hall–Kier alpha value is -3.49. The molecule has 0 fully saturated rings. The third kappa shape index (κ3) is 6.56. The van der Waals surface area contributed by atoms with E-state index in [-0.39, 0.29) is 13.2 Å². The molecular weight excluding hydrogens is 372 g/mol. The number of aldehydes is 1. The van der Waals surface area contributed by atoms with Crippen LogP contribution in [-0.2, 0) is 14.3 Å². The fraction of sp³-hybridized carbons (Fsp3) is 0.350. The molecule has 2 rings (SSSR count). The van der Waals surface area contributed by atoms with Crippen molar-refractivity contribution in [2.75, 3.05) is 49.3 Å². The smallest absolute Gasteiger partial charge is 0.293 e. The number of aryl methyl sites for hydroxylation is 2. The third-order valence-electron chi connectivity index (χ3n) is 4.11. The monoisotopic (exact) mass is 398 g/mol. The molecule has 0 aliphatic rings. The summed E-state index contributed by atoms with van der Waals surface area (Å²) in [6.45, 7) is 5.11. The zero-order valence-electron chi connectivity index (χ0n) is 17.1. The molecule has 29 heavy (non-hydrogen) atoms. The van der Waals surface area contributed by atoms with Gasteiger partial charge in [-0.15, -0.1) is 0 Å². The van der Waals surface area contributed by atoms with Crippen molar-refractivity contribution in [3.63, 3.8) is 0 Å². The molecule has 1 heterocycles. The molecule has 0 saturated heterocycles. The van der Waals surface area contributed by atoms with Crippen molar-refractivity contribution in [1.82, 2.24) is 15.0 Å². The van der Waals surface area contributed by atoms with Gasteiger partial charge in [0.25, 0.3) is 6.47 Å². The second-order valence-corrected chi connectivity index (χ2v) is 6.43. The van der Waals surface area contributed by atoms with Crippen LogP contribution < -0.4 is 15.5 Å². The van der Waals surface area contributed by atoms with Crippen LogP contribution in [0.15, 0.2) is 23.8 Å². The molecule has 0 aliphatic carbocycles. The molecule has 2 N–H and O–H groups in total. The molecule has 0 unspecified atom stereocenters. The van der Waals surface area contributed by atoms with Crippen molar-refractivity contribution < 1.29 is 14.3 Å². The van der Waals surface area contributed by atoms with Crippen molar-refractivity contribution in [3.05, 3.63) is 40.7 Å². The van der Waals surface area contributed by atoms with Crippen LogP contribution >= 0.6 is 0 Å². The molecule has 9 heteroatoms. The molecule has 2 aromatic rings. The summed E-state index contributed by atoms with van der Waals surface area (Å²) in [5.74, 6) is 1.34. The highest BCUT2D eigenvalue weighted by atomic mass is 16.5. The van der Waals surface area contributed by atoms with E-state index in [1.165, 1.54) is 0 Å². The number of carbonyl (C=O) groups excluding carboxylic acids is 2. The highest BCUT2D eigenvalue weighted by Crippen LogP contribution is 2.20. The van der Waals surface area contributed by atoms with E-state index in [4.69, 9.17) is 4.74 Å². The first-order valence-corrected chi connectivity index (χ1v) is 9.14. The van der Waals surface area contributed by atoms with Crippen molar-refractivity contribution in [1.29, 1.82) is 0 Å². The maximum atomic E-state index is 11.6. The first-order valence-electron chi connectivity index (χ1n) is 9.14. The molecule has 0 saturated carbocycles. The Morgan fingerprint density at radius 3 is 2.69 bits per heavy atom. The van der Waals surface area contributed by atoms with Gasteiger partial charge >= 0.3 is 0 Å². The lowest BCUT2D eigenvalue weighted by atomic mass is 10.1. The van der Waals surface area contributed by atoms with E-state index in [1.807, 2.05) is 38.2 Å². The Balaban J connectivity index is 2.14. The fourth-order valence-electron chi connectivity index (χ4n) is 2.59. The van der Waals surface area contributed by atoms with E-state index < -0.39 is 0 Å². The first kappa shape index (κ1) is 21.8. The second kappa shape index (κ2) is 10.7. The van der Waals surface area contributed by atoms with Crippen LogP contribution in [0.5, 0.6) is 0 Å². The van der Waals surface area contributed by atoms with Crippen molar-refractivity contribution in [3.8, 4) is 0 Å². The Morgan fingerprint density at radius 1 is 1.21 bits per heavy atom. The van der Waals surface area contributed by atoms with Gasteiger partial charge in [0, 0.05) is 31.9 Å². The van der Waals surface area contributed by atoms with Crippen LogP contribution in [0.1, 0.15) is 17.0 Å². The number of anilines is 3. The van der Waals surface area contributed by atoms with Crippen LogP contribution in [0, 0.1) is 13.8 Å². The Labute approximate surface area is 170 Å². The van der Waals surface area contributed by atoms with Crippen LogP contribution in [0.2, 0.25) is 0 Å². The van der Waals surface area contributed by atoms with Crippen molar-refractivity contribution in [2.45, 2.75) is 13.8 Å². The number of hydrogen-bond acceptors (Lipinski definition) is 9. The summed E-state index contributed by atoms with van der Waals surface area (Å²) >= 11 is 0.